The summed E-state index contributed by atoms with van der Waals surface area (Å²) in [4.78, 5) is 29.0. The maximum Gasteiger partial charge on any atom is 0.338 e. The highest BCUT2D eigenvalue weighted by atomic mass is 35.5. The Hall–Kier alpha value is -4.61. The van der Waals surface area contributed by atoms with Gasteiger partial charge in [0.15, 0.2) is 11.5 Å². The minimum absolute atomic E-state index is 0.394. The van der Waals surface area contributed by atoms with Crippen LogP contribution < -0.4 is 14.2 Å². The number of hydrogen-bond donors (Lipinski definition) is 0. The summed E-state index contributed by atoms with van der Waals surface area (Å²) in [6.45, 7) is 7.90. The molecule has 1 saturated carbocycles. The van der Waals surface area contributed by atoms with Crippen LogP contribution in [-0.2, 0) is 30.2 Å². The van der Waals surface area contributed by atoms with E-state index in [-0.39, 0.29) is 0 Å². The number of hydrogen-bond acceptors (Lipinski definition) is 9. The number of carbonyl (C=O) groups is 1. The Morgan fingerprint density at radius 3 is 2.64 bits per heavy atom. The zero-order chi connectivity index (χ0) is 32.4. The number of piperidine rings is 1. The van der Waals surface area contributed by atoms with Gasteiger partial charge in [-0.2, -0.15) is 0 Å². The molecule has 3 aliphatic rings. The first kappa shape index (κ1) is 29.8. The number of ether oxygens (including phenoxy) is 4. The number of benzene rings is 2. The van der Waals surface area contributed by atoms with E-state index in [4.69, 9.17) is 35.5 Å². The van der Waals surface area contributed by atoms with Crippen molar-refractivity contribution in [3.63, 3.8) is 0 Å². The fourth-order valence-corrected chi connectivity index (χ4v) is 7.53. The summed E-state index contributed by atoms with van der Waals surface area (Å²) in [5.41, 5.74) is 4.88. The first-order chi connectivity index (χ1) is 22.8. The molecule has 2 fully saturated rings. The molecule has 0 N–H and O–H groups in total. The molecular weight excluding hydrogens is 620 g/mol. The number of esters is 1. The standard InChI is InChI=1S/C35H35ClN6O5/c1-5-41-19-37-14-22(41)15-42-26-11-20(34(43)45-4)12-28(44-3)32(26)39-30(42)18-40-16-24-25(17-40)31(24)23-7-6-8-27-33(23)47-35(2,46-27)29-10-9-21(36)13-38-29/h6-14,19,24-25,31H,5,15-18H2,1-4H3/t24-,25+,31?,35?. The molecule has 47 heavy (non-hydrogen) atoms. The van der Waals surface area contributed by atoms with Crippen LogP contribution in [0.1, 0.15) is 52.9 Å². The summed E-state index contributed by atoms with van der Waals surface area (Å²) < 4.78 is 27.9. The zero-order valence-electron chi connectivity index (χ0n) is 26.6. The second-order valence-electron chi connectivity index (χ2n) is 12.6. The highest BCUT2D eigenvalue weighted by molar-refractivity contribution is 6.30. The molecule has 11 nitrogen and oxygen atoms in total. The van der Waals surface area contributed by atoms with Gasteiger partial charge in [-0.05, 0) is 55.0 Å². The molecule has 0 bridgehead atoms. The first-order valence-corrected chi connectivity index (χ1v) is 16.2. The van der Waals surface area contributed by atoms with E-state index in [1.165, 1.54) is 12.7 Å². The topological polar surface area (TPSA) is 106 Å². The summed E-state index contributed by atoms with van der Waals surface area (Å²) in [6.07, 6.45) is 5.33. The number of para-hydroxylation sites is 1. The fraction of sp³-hybridized carbons (Fsp3) is 0.371. The Labute approximate surface area is 277 Å². The van der Waals surface area contributed by atoms with E-state index >= 15 is 0 Å². The van der Waals surface area contributed by atoms with Crippen LogP contribution in [0.15, 0.2) is 61.2 Å². The molecule has 1 aliphatic carbocycles. The third kappa shape index (κ3) is 4.99. The average molecular weight is 655 g/mol. The van der Waals surface area contributed by atoms with E-state index in [0.717, 1.165) is 53.7 Å². The Bertz CT molecular complexity index is 2000. The van der Waals surface area contributed by atoms with Gasteiger partial charge in [0, 0.05) is 44.5 Å². The Kier molecular flexibility index (Phi) is 7.14. The Morgan fingerprint density at radius 2 is 1.91 bits per heavy atom. The molecule has 0 spiro atoms. The van der Waals surface area contributed by atoms with Crippen molar-refractivity contribution < 1.29 is 23.7 Å². The van der Waals surface area contributed by atoms with Crippen molar-refractivity contribution in [3.05, 3.63) is 94.5 Å². The largest absolute Gasteiger partial charge is 0.494 e. The summed E-state index contributed by atoms with van der Waals surface area (Å²) in [7, 11) is 2.98. The van der Waals surface area contributed by atoms with E-state index < -0.39 is 11.8 Å². The fourth-order valence-electron chi connectivity index (χ4n) is 7.42. The van der Waals surface area contributed by atoms with Crippen LogP contribution in [0.3, 0.4) is 0 Å². The lowest BCUT2D eigenvalue weighted by molar-refractivity contribution is -0.0721. The normalized spacial score (nSPS) is 22.9. The number of aromatic nitrogens is 5. The highest BCUT2D eigenvalue weighted by Crippen LogP contribution is 2.62. The van der Waals surface area contributed by atoms with Gasteiger partial charge in [-0.15, -0.1) is 0 Å². The molecule has 3 aromatic heterocycles. The van der Waals surface area contributed by atoms with E-state index in [9.17, 15) is 4.79 Å². The molecule has 2 aromatic carbocycles. The van der Waals surface area contributed by atoms with Gasteiger partial charge in [-0.1, -0.05) is 23.7 Å². The van der Waals surface area contributed by atoms with E-state index in [1.807, 2.05) is 43.7 Å². The minimum Gasteiger partial charge on any atom is -0.494 e. The van der Waals surface area contributed by atoms with Crippen molar-refractivity contribution in [2.45, 2.75) is 45.2 Å². The van der Waals surface area contributed by atoms with Crippen LogP contribution in [0.4, 0.5) is 0 Å². The van der Waals surface area contributed by atoms with E-state index in [0.29, 0.717) is 52.9 Å². The molecular formula is C35H35ClN6O5. The Balaban J connectivity index is 1.05. The van der Waals surface area contributed by atoms with Gasteiger partial charge in [-0.25, -0.2) is 14.8 Å². The third-order valence-corrected chi connectivity index (χ3v) is 10.0. The molecule has 2 aliphatic heterocycles. The van der Waals surface area contributed by atoms with Crippen LogP contribution >= 0.6 is 11.6 Å². The van der Waals surface area contributed by atoms with Crippen LogP contribution in [0.5, 0.6) is 17.2 Å². The van der Waals surface area contributed by atoms with E-state index in [1.54, 1.807) is 25.4 Å². The van der Waals surface area contributed by atoms with Gasteiger partial charge in [-0.3, -0.25) is 9.88 Å². The van der Waals surface area contributed by atoms with Gasteiger partial charge in [0.05, 0.1) is 55.4 Å². The third-order valence-electron chi connectivity index (χ3n) is 9.80. The van der Waals surface area contributed by atoms with Crippen molar-refractivity contribution >= 4 is 28.6 Å². The molecule has 5 heterocycles. The number of aryl methyl sites for hydroxylation is 1. The van der Waals surface area contributed by atoms with Gasteiger partial charge in [0.1, 0.15) is 22.8 Å². The average Bonchev–Trinajstić information content (AvgIpc) is 3.57. The smallest absolute Gasteiger partial charge is 0.338 e. The summed E-state index contributed by atoms with van der Waals surface area (Å²) in [6, 6.07) is 13.3. The van der Waals surface area contributed by atoms with Crippen molar-refractivity contribution in [2.24, 2.45) is 11.8 Å². The lowest BCUT2D eigenvalue weighted by Crippen LogP contribution is -2.32. The molecule has 8 rings (SSSR count). The maximum absolute atomic E-state index is 12.6. The number of imidazole rings is 2. The number of pyridine rings is 1. The number of nitrogens with zero attached hydrogens (tertiary/aromatic N) is 6. The second kappa shape index (κ2) is 11.3. The van der Waals surface area contributed by atoms with Gasteiger partial charge in [0.25, 0.3) is 5.79 Å². The van der Waals surface area contributed by atoms with Crippen molar-refractivity contribution in [1.82, 2.24) is 29.0 Å². The first-order valence-electron chi connectivity index (χ1n) is 15.8. The number of carbonyl (C=O) groups excluding carboxylic acids is 1. The molecule has 1 saturated heterocycles. The van der Waals surface area contributed by atoms with Crippen molar-refractivity contribution in [2.75, 3.05) is 27.3 Å². The molecule has 12 heteroatoms. The maximum atomic E-state index is 12.6. The SMILES string of the molecule is CCn1cncc1Cn1c(CN2C[C@@H]3C(c4cccc5c4OC(C)(c4ccc(Cl)cn4)O5)[C@@H]3C2)nc2c(OC)cc(C(=O)OC)cc21. The van der Waals surface area contributed by atoms with Crippen molar-refractivity contribution in [1.29, 1.82) is 0 Å². The van der Waals surface area contributed by atoms with Gasteiger partial charge in [0.2, 0.25) is 0 Å². The molecule has 4 atom stereocenters. The molecule has 242 valence electrons. The van der Waals surface area contributed by atoms with Crippen LogP contribution in [-0.4, -0.2) is 62.3 Å². The number of likely N-dealkylation sites (tertiary alicyclic amines) is 1. The molecule has 5 aromatic rings. The van der Waals surface area contributed by atoms with Crippen LogP contribution in [0, 0.1) is 11.8 Å². The number of rotatable bonds is 9. The molecule has 2 unspecified atom stereocenters. The quantitative estimate of drug-likeness (QED) is 0.187. The van der Waals surface area contributed by atoms with Crippen LogP contribution in [0.25, 0.3) is 11.0 Å². The molecule has 0 amide bonds. The van der Waals surface area contributed by atoms with Crippen LogP contribution in [0.2, 0.25) is 5.02 Å². The minimum atomic E-state index is -1.01. The second-order valence-corrected chi connectivity index (χ2v) is 13.0. The number of methoxy groups -OCH3 is 2. The Morgan fingerprint density at radius 1 is 1.09 bits per heavy atom. The monoisotopic (exact) mass is 654 g/mol. The van der Waals surface area contributed by atoms with Crippen molar-refractivity contribution in [3.8, 4) is 17.2 Å². The summed E-state index contributed by atoms with van der Waals surface area (Å²) in [5, 5.41) is 0.567. The zero-order valence-corrected chi connectivity index (χ0v) is 27.4. The van der Waals surface area contributed by atoms with Gasteiger partial charge >= 0.3 is 5.97 Å². The summed E-state index contributed by atoms with van der Waals surface area (Å²) >= 11 is 6.08. The predicted molar refractivity (Wildman–Crippen MR) is 174 cm³/mol. The van der Waals surface area contributed by atoms with E-state index in [2.05, 4.69) is 37.0 Å². The number of fused-ring (bicyclic) bond motifs is 3. The van der Waals surface area contributed by atoms with Gasteiger partial charge < -0.3 is 28.1 Å². The number of halogens is 1. The highest BCUT2D eigenvalue weighted by Gasteiger charge is 2.58. The predicted octanol–water partition coefficient (Wildman–Crippen LogP) is 5.63. The summed E-state index contributed by atoms with van der Waals surface area (Å²) in [5.74, 6) is 2.96. The lowest BCUT2D eigenvalue weighted by atomic mass is 10.0. The molecule has 0 radical (unpaired) electrons. The lowest BCUT2D eigenvalue weighted by Gasteiger charge is -2.23.